The van der Waals surface area contributed by atoms with Crippen LogP contribution in [0.1, 0.15) is 49.1 Å². The predicted molar refractivity (Wildman–Crippen MR) is 94.1 cm³/mol. The van der Waals surface area contributed by atoms with E-state index >= 15 is 0 Å². The van der Waals surface area contributed by atoms with Gasteiger partial charge in [-0.2, -0.15) is 0 Å². The first-order valence-electron chi connectivity index (χ1n) is 8.87. The normalized spacial score (nSPS) is 15.4. The summed E-state index contributed by atoms with van der Waals surface area (Å²) in [6, 6.07) is 0. The third-order valence-electron chi connectivity index (χ3n) is 5.03. The van der Waals surface area contributed by atoms with Crippen LogP contribution in [0.2, 0.25) is 0 Å². The number of piperidine rings is 1. The van der Waals surface area contributed by atoms with Crippen LogP contribution < -0.4 is 5.73 Å². The molecular weight excluding hydrogens is 334 g/mol. The number of carbonyl (C=O) groups is 2. The van der Waals surface area contributed by atoms with Gasteiger partial charge in [0.25, 0.3) is 0 Å². The largest absolute Gasteiger partial charge is 0.370 e. The predicted octanol–water partition coefficient (Wildman–Crippen LogP) is 0.340. The molecule has 2 aromatic heterocycles. The molecule has 9 nitrogen and oxygen atoms in total. The molecule has 1 fully saturated rings. The van der Waals surface area contributed by atoms with Gasteiger partial charge in [0, 0.05) is 51.3 Å². The maximum absolute atomic E-state index is 12.1. The molecule has 0 radical (unpaired) electrons. The molecule has 3 heterocycles. The van der Waals surface area contributed by atoms with Crippen LogP contribution in [-0.2, 0) is 23.2 Å². The van der Waals surface area contributed by atoms with Gasteiger partial charge in [-0.3, -0.25) is 9.59 Å². The van der Waals surface area contributed by atoms with E-state index in [9.17, 15) is 9.59 Å². The number of hydrogen-bond donors (Lipinski definition) is 1. The number of carbonyl (C=O) groups excluding carboxylic acids is 2. The lowest BCUT2D eigenvalue weighted by Gasteiger charge is -2.31. The second-order valence-electron chi connectivity index (χ2n) is 6.76. The Bertz CT molecular complexity index is 787. The minimum atomic E-state index is -0.437. The molecule has 1 aliphatic rings. The second kappa shape index (κ2) is 7.67. The summed E-state index contributed by atoms with van der Waals surface area (Å²) < 4.78 is 4.09. The monoisotopic (exact) mass is 359 g/mol. The number of nitrogens with zero attached hydrogens (tertiary/aromatic N) is 6. The third kappa shape index (κ3) is 3.92. The molecule has 1 aliphatic heterocycles. The van der Waals surface area contributed by atoms with E-state index in [1.54, 1.807) is 6.20 Å². The van der Waals surface area contributed by atoms with Crippen molar-refractivity contribution in [3.05, 3.63) is 29.9 Å². The van der Waals surface area contributed by atoms with E-state index in [2.05, 4.69) is 19.7 Å². The highest BCUT2D eigenvalue weighted by atomic mass is 16.2. The molecule has 0 spiro atoms. The van der Waals surface area contributed by atoms with Crippen LogP contribution in [0, 0.1) is 6.92 Å². The molecule has 140 valence electrons. The second-order valence-corrected chi connectivity index (χ2v) is 6.76. The Kier molecular flexibility index (Phi) is 5.34. The summed E-state index contributed by atoms with van der Waals surface area (Å²) >= 11 is 0. The van der Waals surface area contributed by atoms with Gasteiger partial charge in [-0.15, -0.1) is 10.2 Å². The van der Waals surface area contributed by atoms with Gasteiger partial charge in [-0.25, -0.2) is 4.98 Å². The van der Waals surface area contributed by atoms with Gasteiger partial charge < -0.3 is 19.8 Å². The summed E-state index contributed by atoms with van der Waals surface area (Å²) in [5.41, 5.74) is 5.11. The quantitative estimate of drug-likeness (QED) is 0.799. The number of aromatic nitrogens is 5. The Morgan fingerprint density at radius 1 is 1.23 bits per heavy atom. The van der Waals surface area contributed by atoms with E-state index in [1.165, 1.54) is 0 Å². The average molecular weight is 359 g/mol. The lowest BCUT2D eigenvalue weighted by atomic mass is 9.95. The number of rotatable bonds is 6. The van der Waals surface area contributed by atoms with Gasteiger partial charge in [0.2, 0.25) is 11.8 Å². The molecule has 0 atom stereocenters. The summed E-state index contributed by atoms with van der Waals surface area (Å²) in [7, 11) is 1.99. The minimum absolute atomic E-state index is 0.00325. The fourth-order valence-corrected chi connectivity index (χ4v) is 3.37. The minimum Gasteiger partial charge on any atom is -0.370 e. The van der Waals surface area contributed by atoms with Crippen LogP contribution in [0.4, 0.5) is 0 Å². The van der Waals surface area contributed by atoms with E-state index in [1.807, 2.05) is 29.6 Å². The highest BCUT2D eigenvalue weighted by molar-refractivity contribution is 5.82. The van der Waals surface area contributed by atoms with Crippen LogP contribution in [0.3, 0.4) is 0 Å². The van der Waals surface area contributed by atoms with Crippen molar-refractivity contribution in [3.63, 3.8) is 0 Å². The number of aryl methyl sites for hydroxylation is 1. The third-order valence-corrected chi connectivity index (χ3v) is 5.03. The van der Waals surface area contributed by atoms with Gasteiger partial charge in [0.05, 0.1) is 6.54 Å². The van der Waals surface area contributed by atoms with Crippen molar-refractivity contribution in [1.82, 2.24) is 29.2 Å². The SMILES string of the molecule is Cc1nccn1Cc1nnc(C2CCN(C(=O)CCC(N)=O)CC2)n1C. The summed E-state index contributed by atoms with van der Waals surface area (Å²) in [6.07, 6.45) is 5.70. The lowest BCUT2D eigenvalue weighted by Crippen LogP contribution is -2.38. The number of imidazole rings is 1. The van der Waals surface area contributed by atoms with E-state index in [0.29, 0.717) is 19.6 Å². The molecule has 0 aromatic carbocycles. The van der Waals surface area contributed by atoms with E-state index in [4.69, 9.17) is 5.73 Å². The van der Waals surface area contributed by atoms with Crippen molar-refractivity contribution in [2.75, 3.05) is 13.1 Å². The zero-order valence-corrected chi connectivity index (χ0v) is 15.3. The summed E-state index contributed by atoms with van der Waals surface area (Å²) in [5, 5.41) is 8.74. The summed E-state index contributed by atoms with van der Waals surface area (Å²) in [4.78, 5) is 29.0. The van der Waals surface area contributed by atoms with Gasteiger partial charge in [0.15, 0.2) is 5.82 Å². The highest BCUT2D eigenvalue weighted by Crippen LogP contribution is 2.27. The van der Waals surface area contributed by atoms with Crippen molar-refractivity contribution in [3.8, 4) is 0 Å². The summed E-state index contributed by atoms with van der Waals surface area (Å²) in [5.74, 6) is 2.63. The smallest absolute Gasteiger partial charge is 0.223 e. The van der Waals surface area contributed by atoms with Crippen molar-refractivity contribution in [2.45, 2.75) is 45.1 Å². The molecular formula is C17H25N7O2. The number of primary amides is 1. The van der Waals surface area contributed by atoms with Crippen molar-refractivity contribution < 1.29 is 9.59 Å². The average Bonchev–Trinajstić information content (AvgIpc) is 3.19. The summed E-state index contributed by atoms with van der Waals surface area (Å²) in [6.45, 7) is 3.94. The molecule has 0 saturated carbocycles. The van der Waals surface area contributed by atoms with Crippen molar-refractivity contribution in [2.24, 2.45) is 12.8 Å². The van der Waals surface area contributed by atoms with Gasteiger partial charge >= 0.3 is 0 Å². The molecule has 2 N–H and O–H groups in total. The van der Waals surface area contributed by atoms with Gasteiger partial charge in [-0.1, -0.05) is 0 Å². The fraction of sp³-hybridized carbons (Fsp3) is 0.588. The fourth-order valence-electron chi connectivity index (χ4n) is 3.37. The standard InChI is InChI=1S/C17H25N7O2/c1-12-19-7-10-24(12)11-15-20-21-17(22(15)2)13-5-8-23(9-6-13)16(26)4-3-14(18)25/h7,10,13H,3-6,8-9,11H2,1-2H3,(H2,18,25). The van der Waals surface area contributed by atoms with Crippen LogP contribution in [0.5, 0.6) is 0 Å². The van der Waals surface area contributed by atoms with E-state index < -0.39 is 5.91 Å². The number of likely N-dealkylation sites (tertiary alicyclic amines) is 1. The van der Waals surface area contributed by atoms with Crippen LogP contribution >= 0.6 is 0 Å². The van der Waals surface area contributed by atoms with Crippen LogP contribution in [-0.4, -0.2) is 54.1 Å². The Morgan fingerprint density at radius 3 is 2.58 bits per heavy atom. The molecule has 2 amide bonds. The Morgan fingerprint density at radius 2 is 1.96 bits per heavy atom. The molecule has 0 aliphatic carbocycles. The molecule has 26 heavy (non-hydrogen) atoms. The number of nitrogens with two attached hydrogens (primary N) is 1. The zero-order valence-electron chi connectivity index (χ0n) is 15.3. The van der Waals surface area contributed by atoms with Crippen molar-refractivity contribution >= 4 is 11.8 Å². The first-order chi connectivity index (χ1) is 12.5. The highest BCUT2D eigenvalue weighted by Gasteiger charge is 2.27. The van der Waals surface area contributed by atoms with Crippen LogP contribution in [0.25, 0.3) is 0 Å². The van der Waals surface area contributed by atoms with Crippen molar-refractivity contribution in [1.29, 1.82) is 0 Å². The topological polar surface area (TPSA) is 112 Å². The van der Waals surface area contributed by atoms with Crippen LogP contribution in [0.15, 0.2) is 12.4 Å². The maximum Gasteiger partial charge on any atom is 0.223 e. The molecule has 1 saturated heterocycles. The number of hydrogen-bond acceptors (Lipinski definition) is 5. The molecule has 2 aromatic rings. The van der Waals surface area contributed by atoms with E-state index in [-0.39, 0.29) is 24.7 Å². The lowest BCUT2D eigenvalue weighted by molar-refractivity contribution is -0.134. The van der Waals surface area contributed by atoms with E-state index in [0.717, 1.165) is 30.3 Å². The molecule has 9 heteroatoms. The zero-order chi connectivity index (χ0) is 18.7. The van der Waals surface area contributed by atoms with Gasteiger partial charge in [0.1, 0.15) is 11.6 Å². The Hall–Kier alpha value is -2.71. The molecule has 0 unspecified atom stereocenters. The first-order valence-corrected chi connectivity index (χ1v) is 8.87. The molecule has 0 bridgehead atoms. The Labute approximate surface area is 152 Å². The maximum atomic E-state index is 12.1. The van der Waals surface area contributed by atoms with Gasteiger partial charge in [-0.05, 0) is 19.8 Å². The first kappa shape index (κ1) is 18.1. The Balaban J connectivity index is 1.59. The number of amides is 2. The molecule has 3 rings (SSSR count).